The lowest BCUT2D eigenvalue weighted by atomic mass is 9.68. The van der Waals surface area contributed by atoms with Gasteiger partial charge in [0.1, 0.15) is 6.04 Å². The first-order valence-corrected chi connectivity index (χ1v) is 12.3. The van der Waals surface area contributed by atoms with Gasteiger partial charge in [-0.25, -0.2) is 0 Å². The third-order valence-corrected chi connectivity index (χ3v) is 7.67. The molecule has 6 nitrogen and oxygen atoms in total. The molecule has 0 saturated carbocycles. The van der Waals surface area contributed by atoms with Crippen LogP contribution in [0.15, 0.2) is 78.9 Å². The van der Waals surface area contributed by atoms with E-state index in [-0.39, 0.29) is 5.78 Å². The maximum Gasteiger partial charge on any atom is 0.329 e. The lowest BCUT2D eigenvalue weighted by molar-refractivity contribution is -0.150. The number of rotatable bonds is 5. The zero-order valence-corrected chi connectivity index (χ0v) is 21.5. The SMILES string of the molecule is COC(=O)[C@]1(C#N)[C@H](c2ccc(N(C)C)cc2)[C@H](C(=O)c2ccc(Cl)cc2)N2c3ccccc3C=C[C@H]21. The van der Waals surface area contributed by atoms with Crippen LogP contribution in [0.25, 0.3) is 6.08 Å². The second-order valence-electron chi connectivity index (χ2n) is 9.52. The molecular formula is C30H26ClN3O3. The van der Waals surface area contributed by atoms with Crippen LogP contribution in [0, 0.1) is 16.7 Å². The summed E-state index contributed by atoms with van der Waals surface area (Å²) >= 11 is 6.11. The summed E-state index contributed by atoms with van der Waals surface area (Å²) in [5, 5.41) is 11.3. The Labute approximate surface area is 221 Å². The highest BCUT2D eigenvalue weighted by atomic mass is 35.5. The minimum absolute atomic E-state index is 0.200. The topological polar surface area (TPSA) is 73.6 Å². The number of esters is 1. The molecule has 1 fully saturated rings. The second kappa shape index (κ2) is 9.42. The fourth-order valence-electron chi connectivity index (χ4n) is 5.67. The zero-order chi connectivity index (χ0) is 26.3. The molecule has 0 radical (unpaired) electrons. The molecule has 0 aliphatic carbocycles. The minimum Gasteiger partial charge on any atom is -0.468 e. The number of carbonyl (C=O) groups excluding carboxylic acids is 2. The lowest BCUT2D eigenvalue weighted by Crippen LogP contribution is -2.46. The lowest BCUT2D eigenvalue weighted by Gasteiger charge is -2.36. The molecule has 3 aromatic carbocycles. The van der Waals surface area contributed by atoms with Gasteiger partial charge in [0.25, 0.3) is 0 Å². The van der Waals surface area contributed by atoms with Crippen LogP contribution < -0.4 is 9.80 Å². The number of ether oxygens (including phenoxy) is 1. The van der Waals surface area contributed by atoms with Crippen LogP contribution >= 0.6 is 11.6 Å². The van der Waals surface area contributed by atoms with Gasteiger partial charge in [-0.3, -0.25) is 9.59 Å². The number of hydrogen-bond acceptors (Lipinski definition) is 6. The normalized spacial score (nSPS) is 23.5. The molecule has 4 atom stereocenters. The van der Waals surface area contributed by atoms with Crippen LogP contribution in [0.3, 0.4) is 0 Å². The highest BCUT2D eigenvalue weighted by Gasteiger charge is 2.67. The van der Waals surface area contributed by atoms with E-state index >= 15 is 0 Å². The maximum absolute atomic E-state index is 14.3. The molecule has 3 aromatic rings. The molecule has 5 rings (SSSR count). The van der Waals surface area contributed by atoms with Crippen LogP contribution in [0.5, 0.6) is 0 Å². The number of nitriles is 1. The molecule has 2 aliphatic heterocycles. The molecule has 0 spiro atoms. The summed E-state index contributed by atoms with van der Waals surface area (Å²) in [6, 6.07) is 22.8. The quantitative estimate of drug-likeness (QED) is 0.340. The minimum atomic E-state index is -1.66. The summed E-state index contributed by atoms with van der Waals surface area (Å²) < 4.78 is 5.27. The number of ketones is 1. The Morgan fingerprint density at radius 1 is 1.03 bits per heavy atom. The largest absolute Gasteiger partial charge is 0.468 e. The van der Waals surface area contributed by atoms with E-state index in [1.54, 1.807) is 24.3 Å². The maximum atomic E-state index is 14.3. The van der Waals surface area contributed by atoms with Gasteiger partial charge in [0.05, 0.1) is 19.2 Å². The number of carbonyl (C=O) groups is 2. The number of nitrogens with zero attached hydrogens (tertiary/aromatic N) is 3. The number of methoxy groups -OCH3 is 1. The van der Waals surface area contributed by atoms with Crippen molar-refractivity contribution in [2.75, 3.05) is 31.0 Å². The summed E-state index contributed by atoms with van der Waals surface area (Å²) in [6.07, 6.45) is 3.76. The average Bonchev–Trinajstić information content (AvgIpc) is 3.24. The molecular weight excluding hydrogens is 486 g/mol. The Morgan fingerprint density at radius 3 is 2.32 bits per heavy atom. The number of halogens is 1. The van der Waals surface area contributed by atoms with Crippen molar-refractivity contribution in [3.05, 3.63) is 101 Å². The van der Waals surface area contributed by atoms with Crippen LogP contribution in [0.1, 0.15) is 27.4 Å². The molecule has 2 heterocycles. The molecule has 0 amide bonds. The van der Waals surface area contributed by atoms with Crippen molar-refractivity contribution in [2.45, 2.75) is 18.0 Å². The van der Waals surface area contributed by atoms with Crippen LogP contribution in [0.2, 0.25) is 5.02 Å². The smallest absolute Gasteiger partial charge is 0.329 e. The number of fused-ring (bicyclic) bond motifs is 3. The fourth-order valence-corrected chi connectivity index (χ4v) is 5.80. The molecule has 0 bridgehead atoms. The van der Waals surface area contributed by atoms with Gasteiger partial charge < -0.3 is 14.5 Å². The first-order chi connectivity index (χ1) is 17.8. The van der Waals surface area contributed by atoms with Crippen molar-refractivity contribution >= 4 is 40.8 Å². The number of Topliss-reactive ketones (excluding diaryl/α,β-unsaturated/α-hetero) is 1. The Morgan fingerprint density at radius 2 is 1.70 bits per heavy atom. The highest BCUT2D eigenvalue weighted by molar-refractivity contribution is 6.30. The van der Waals surface area contributed by atoms with E-state index in [2.05, 4.69) is 6.07 Å². The van der Waals surface area contributed by atoms with Gasteiger partial charge in [0, 0.05) is 42.0 Å². The van der Waals surface area contributed by atoms with E-state index in [0.717, 1.165) is 16.9 Å². The molecule has 37 heavy (non-hydrogen) atoms. The van der Waals surface area contributed by atoms with Gasteiger partial charge in [-0.15, -0.1) is 0 Å². The van der Waals surface area contributed by atoms with Crippen molar-refractivity contribution in [2.24, 2.45) is 5.41 Å². The van der Waals surface area contributed by atoms with Crippen LogP contribution in [-0.2, 0) is 9.53 Å². The summed E-state index contributed by atoms with van der Waals surface area (Å²) in [6.45, 7) is 0. The molecule has 1 saturated heterocycles. The van der Waals surface area contributed by atoms with Crippen molar-refractivity contribution in [1.29, 1.82) is 5.26 Å². The van der Waals surface area contributed by atoms with E-state index in [0.29, 0.717) is 16.1 Å². The predicted octanol–water partition coefficient (Wildman–Crippen LogP) is 5.34. The van der Waals surface area contributed by atoms with Crippen LogP contribution in [-0.4, -0.2) is 45.0 Å². The third-order valence-electron chi connectivity index (χ3n) is 7.42. The van der Waals surface area contributed by atoms with E-state index in [4.69, 9.17) is 16.3 Å². The molecule has 2 aliphatic rings. The average molecular weight is 512 g/mol. The van der Waals surface area contributed by atoms with Gasteiger partial charge in [-0.1, -0.05) is 54.1 Å². The van der Waals surface area contributed by atoms with Crippen molar-refractivity contribution < 1.29 is 14.3 Å². The van der Waals surface area contributed by atoms with Gasteiger partial charge in [-0.05, 0) is 53.6 Å². The molecule has 7 heteroatoms. The Hall–Kier alpha value is -4.08. The van der Waals surface area contributed by atoms with Crippen molar-refractivity contribution in [3.63, 3.8) is 0 Å². The fraction of sp³-hybridized carbons (Fsp3) is 0.233. The van der Waals surface area contributed by atoms with Gasteiger partial charge in [0.2, 0.25) is 0 Å². The van der Waals surface area contributed by atoms with E-state index in [9.17, 15) is 14.9 Å². The number of para-hydroxylation sites is 1. The Kier molecular flexibility index (Phi) is 6.26. The monoisotopic (exact) mass is 511 g/mol. The van der Waals surface area contributed by atoms with Crippen LogP contribution in [0.4, 0.5) is 11.4 Å². The summed E-state index contributed by atoms with van der Waals surface area (Å²) in [7, 11) is 5.16. The Bertz CT molecular complexity index is 1430. The summed E-state index contributed by atoms with van der Waals surface area (Å²) in [4.78, 5) is 31.8. The first kappa shape index (κ1) is 24.6. The van der Waals surface area contributed by atoms with E-state index < -0.39 is 29.4 Å². The third kappa shape index (κ3) is 3.78. The van der Waals surface area contributed by atoms with Crippen molar-refractivity contribution in [3.8, 4) is 6.07 Å². The van der Waals surface area contributed by atoms with Gasteiger partial charge in [0.15, 0.2) is 11.2 Å². The summed E-state index contributed by atoms with van der Waals surface area (Å²) in [5.74, 6) is -1.67. The standard InChI is InChI=1S/C30H26ClN3O3/c1-33(2)23-15-10-20(11-16-23)26-27(28(35)21-8-13-22(31)14-9-21)34-24-7-5-4-6-19(24)12-17-25(34)30(26,18-32)29(36)37-3/h4-17,25-27H,1-3H3/t25-,26+,27+,30-/m0/s1. The Balaban J connectivity index is 1.79. The second-order valence-corrected chi connectivity index (χ2v) is 9.96. The predicted molar refractivity (Wildman–Crippen MR) is 145 cm³/mol. The highest BCUT2D eigenvalue weighted by Crippen LogP contribution is 2.56. The molecule has 186 valence electrons. The van der Waals surface area contributed by atoms with Gasteiger partial charge >= 0.3 is 5.97 Å². The number of anilines is 2. The number of benzene rings is 3. The summed E-state index contributed by atoms with van der Waals surface area (Å²) in [5.41, 5.74) is 2.17. The van der Waals surface area contributed by atoms with E-state index in [1.807, 2.05) is 84.6 Å². The first-order valence-electron chi connectivity index (χ1n) is 12.0. The number of hydrogen-bond donors (Lipinski definition) is 0. The molecule has 0 N–H and O–H groups in total. The van der Waals surface area contributed by atoms with E-state index in [1.165, 1.54) is 7.11 Å². The van der Waals surface area contributed by atoms with Crippen molar-refractivity contribution in [1.82, 2.24) is 0 Å². The molecule has 0 aromatic heterocycles. The zero-order valence-electron chi connectivity index (χ0n) is 20.8. The van der Waals surface area contributed by atoms with Gasteiger partial charge in [-0.2, -0.15) is 5.26 Å². The molecule has 0 unspecified atom stereocenters.